The molecule has 18 heavy (non-hydrogen) atoms. The minimum absolute atomic E-state index is 0.0695. The van der Waals surface area contributed by atoms with Crippen LogP contribution in [0.25, 0.3) is 0 Å². The Labute approximate surface area is 102 Å². The summed E-state index contributed by atoms with van der Waals surface area (Å²) in [4.78, 5) is 24.6. The van der Waals surface area contributed by atoms with Crippen molar-refractivity contribution in [1.82, 2.24) is 9.55 Å². The number of nitrogens with two attached hydrogens (primary N) is 1. The van der Waals surface area contributed by atoms with E-state index >= 15 is 0 Å². The monoisotopic (exact) mass is 249 g/mol. The number of nitrogens with one attached hydrogen (secondary N) is 1. The zero-order valence-electron chi connectivity index (χ0n) is 9.52. The van der Waals surface area contributed by atoms with Gasteiger partial charge < -0.3 is 5.73 Å². The minimum atomic E-state index is -0.587. The van der Waals surface area contributed by atoms with Gasteiger partial charge in [0.1, 0.15) is 11.6 Å². The second-order valence-electron chi connectivity index (χ2n) is 3.86. The summed E-state index contributed by atoms with van der Waals surface area (Å²) in [5.41, 5.74) is 4.94. The van der Waals surface area contributed by atoms with Crippen LogP contribution < -0.4 is 17.0 Å². The third kappa shape index (κ3) is 2.48. The lowest BCUT2D eigenvalue weighted by Crippen LogP contribution is -2.31. The lowest BCUT2D eigenvalue weighted by Gasteiger charge is -2.08. The lowest BCUT2D eigenvalue weighted by atomic mass is 10.1. The zero-order valence-corrected chi connectivity index (χ0v) is 9.52. The molecule has 0 radical (unpaired) electrons. The summed E-state index contributed by atoms with van der Waals surface area (Å²) >= 11 is 0. The van der Waals surface area contributed by atoms with E-state index in [2.05, 4.69) is 4.98 Å². The summed E-state index contributed by atoms with van der Waals surface area (Å²) in [6.07, 6.45) is 0.322. The van der Waals surface area contributed by atoms with E-state index in [1.165, 1.54) is 10.6 Å². The van der Waals surface area contributed by atoms with Crippen molar-refractivity contribution in [3.63, 3.8) is 0 Å². The smallest absolute Gasteiger partial charge is 0.329 e. The average Bonchev–Trinajstić information content (AvgIpc) is 2.30. The highest BCUT2D eigenvalue weighted by Crippen LogP contribution is 2.08. The van der Waals surface area contributed by atoms with Gasteiger partial charge in [-0.1, -0.05) is 18.2 Å². The van der Waals surface area contributed by atoms with E-state index in [0.29, 0.717) is 12.0 Å². The molecule has 3 N–H and O–H groups in total. The molecule has 5 nitrogen and oxygen atoms in total. The standard InChI is InChI=1S/C12H12FN3O2/c13-9-4-2-1-3-8(9)5-6-16-10(14)7-11(17)15-12(16)18/h1-4,7H,5-6,14H2,(H,15,17,18). The van der Waals surface area contributed by atoms with Gasteiger partial charge in [-0.3, -0.25) is 14.3 Å². The SMILES string of the molecule is Nc1cc(=O)[nH]c(=O)n1CCc1ccccc1F. The molecule has 0 spiro atoms. The van der Waals surface area contributed by atoms with Crippen LogP contribution in [0.3, 0.4) is 0 Å². The number of nitrogens with zero attached hydrogens (tertiary/aromatic N) is 1. The number of benzene rings is 1. The molecule has 0 aliphatic rings. The van der Waals surface area contributed by atoms with E-state index in [4.69, 9.17) is 5.73 Å². The molecule has 0 amide bonds. The maximum absolute atomic E-state index is 13.4. The highest BCUT2D eigenvalue weighted by molar-refractivity contribution is 5.26. The number of aromatic nitrogens is 2. The van der Waals surface area contributed by atoms with Gasteiger partial charge >= 0.3 is 5.69 Å². The zero-order chi connectivity index (χ0) is 13.1. The van der Waals surface area contributed by atoms with Crippen LogP contribution in [-0.2, 0) is 13.0 Å². The van der Waals surface area contributed by atoms with E-state index in [9.17, 15) is 14.0 Å². The third-order valence-electron chi connectivity index (χ3n) is 2.63. The van der Waals surface area contributed by atoms with Crippen molar-refractivity contribution >= 4 is 5.82 Å². The largest absolute Gasteiger partial charge is 0.385 e. The van der Waals surface area contributed by atoms with Crippen LogP contribution in [0.2, 0.25) is 0 Å². The van der Waals surface area contributed by atoms with Gasteiger partial charge in [-0.25, -0.2) is 9.18 Å². The molecule has 0 fully saturated rings. The van der Waals surface area contributed by atoms with E-state index in [-0.39, 0.29) is 18.2 Å². The van der Waals surface area contributed by atoms with Crippen molar-refractivity contribution in [3.8, 4) is 0 Å². The Balaban J connectivity index is 2.24. The van der Waals surface area contributed by atoms with Crippen molar-refractivity contribution in [2.75, 3.05) is 5.73 Å². The summed E-state index contributed by atoms with van der Waals surface area (Å²) in [6.45, 7) is 0.211. The molecule has 6 heteroatoms. The summed E-state index contributed by atoms with van der Waals surface area (Å²) in [5.74, 6) is -0.256. The van der Waals surface area contributed by atoms with Crippen LogP contribution in [0.1, 0.15) is 5.56 Å². The molecule has 2 aromatic rings. The van der Waals surface area contributed by atoms with Crippen LogP contribution in [0.15, 0.2) is 39.9 Å². The van der Waals surface area contributed by atoms with Gasteiger partial charge in [0, 0.05) is 12.6 Å². The Kier molecular flexibility index (Phi) is 3.27. The van der Waals surface area contributed by atoms with Gasteiger partial charge in [-0.15, -0.1) is 0 Å². The van der Waals surface area contributed by atoms with Gasteiger partial charge in [0.05, 0.1) is 0 Å². The number of hydrogen-bond donors (Lipinski definition) is 2. The van der Waals surface area contributed by atoms with Crippen LogP contribution >= 0.6 is 0 Å². The first-order valence-electron chi connectivity index (χ1n) is 5.41. The number of nitrogen functional groups attached to an aromatic ring is 1. The Morgan fingerprint density at radius 2 is 2.00 bits per heavy atom. The maximum atomic E-state index is 13.4. The number of halogens is 1. The minimum Gasteiger partial charge on any atom is -0.385 e. The first kappa shape index (κ1) is 12.1. The number of hydrogen-bond acceptors (Lipinski definition) is 3. The summed E-state index contributed by atoms with van der Waals surface area (Å²) in [6, 6.07) is 7.44. The topological polar surface area (TPSA) is 80.9 Å². The second-order valence-corrected chi connectivity index (χ2v) is 3.86. The van der Waals surface area contributed by atoms with Crippen molar-refractivity contribution in [3.05, 3.63) is 62.6 Å². The van der Waals surface area contributed by atoms with E-state index in [1.807, 2.05) is 0 Å². The van der Waals surface area contributed by atoms with Gasteiger partial charge in [0.15, 0.2) is 0 Å². The quantitative estimate of drug-likeness (QED) is 0.831. The van der Waals surface area contributed by atoms with Gasteiger partial charge in [0.2, 0.25) is 0 Å². The molecule has 2 rings (SSSR count). The fourth-order valence-electron chi connectivity index (χ4n) is 1.70. The summed E-state index contributed by atoms with van der Waals surface area (Å²) < 4.78 is 14.6. The number of aryl methyl sites for hydroxylation is 1. The number of anilines is 1. The van der Waals surface area contributed by atoms with Crippen LogP contribution in [0.5, 0.6) is 0 Å². The third-order valence-corrected chi connectivity index (χ3v) is 2.63. The van der Waals surface area contributed by atoms with Gasteiger partial charge in [0.25, 0.3) is 5.56 Å². The highest BCUT2D eigenvalue weighted by atomic mass is 19.1. The Morgan fingerprint density at radius 3 is 2.67 bits per heavy atom. The number of rotatable bonds is 3. The normalized spacial score (nSPS) is 10.5. The van der Waals surface area contributed by atoms with Crippen LogP contribution in [0.4, 0.5) is 10.2 Å². The molecule has 0 saturated heterocycles. The van der Waals surface area contributed by atoms with Crippen molar-refractivity contribution in [1.29, 1.82) is 0 Å². The molecule has 0 bridgehead atoms. The number of aromatic amines is 1. The maximum Gasteiger partial charge on any atom is 0.329 e. The van der Waals surface area contributed by atoms with Crippen LogP contribution in [-0.4, -0.2) is 9.55 Å². The van der Waals surface area contributed by atoms with Crippen LogP contribution in [0, 0.1) is 5.82 Å². The average molecular weight is 249 g/mol. The molecule has 1 aromatic carbocycles. The molecular formula is C12H12FN3O2. The van der Waals surface area contributed by atoms with Crippen molar-refractivity contribution < 1.29 is 4.39 Å². The fraction of sp³-hybridized carbons (Fsp3) is 0.167. The van der Waals surface area contributed by atoms with E-state index < -0.39 is 11.2 Å². The number of H-pyrrole nitrogens is 1. The Hall–Kier alpha value is -2.37. The molecular weight excluding hydrogens is 237 g/mol. The Bertz CT molecular complexity index is 676. The lowest BCUT2D eigenvalue weighted by molar-refractivity contribution is 0.586. The first-order valence-corrected chi connectivity index (χ1v) is 5.41. The molecule has 0 aliphatic carbocycles. The second kappa shape index (κ2) is 4.87. The fourth-order valence-corrected chi connectivity index (χ4v) is 1.70. The predicted molar refractivity (Wildman–Crippen MR) is 65.8 cm³/mol. The van der Waals surface area contributed by atoms with Crippen molar-refractivity contribution in [2.45, 2.75) is 13.0 Å². The first-order chi connectivity index (χ1) is 8.58. The van der Waals surface area contributed by atoms with Crippen molar-refractivity contribution in [2.24, 2.45) is 0 Å². The molecule has 0 atom stereocenters. The molecule has 0 saturated carbocycles. The molecule has 1 heterocycles. The van der Waals surface area contributed by atoms with Gasteiger partial charge in [-0.05, 0) is 18.1 Å². The predicted octanol–water partition coefficient (Wildman–Crippen LogP) is 0.501. The van der Waals surface area contributed by atoms with E-state index in [1.54, 1.807) is 18.2 Å². The summed E-state index contributed by atoms with van der Waals surface area (Å²) in [7, 11) is 0. The molecule has 1 aromatic heterocycles. The Morgan fingerprint density at radius 1 is 1.28 bits per heavy atom. The molecule has 0 unspecified atom stereocenters. The summed E-state index contributed by atoms with van der Waals surface area (Å²) in [5, 5.41) is 0. The molecule has 0 aliphatic heterocycles. The van der Waals surface area contributed by atoms with Gasteiger partial charge in [-0.2, -0.15) is 0 Å². The highest BCUT2D eigenvalue weighted by Gasteiger charge is 2.05. The molecule has 94 valence electrons. The van der Waals surface area contributed by atoms with E-state index in [0.717, 1.165) is 6.07 Å².